The van der Waals surface area contributed by atoms with Crippen LogP contribution in [0.25, 0.3) is 22.3 Å². The van der Waals surface area contributed by atoms with Gasteiger partial charge in [-0.25, -0.2) is 0 Å². The molecule has 1 atom stereocenters. The molecule has 260 valence electrons. The molecule has 0 amide bonds. The maximum absolute atomic E-state index is 11.7. The number of methoxy groups -OCH3 is 1. The van der Waals surface area contributed by atoms with Gasteiger partial charge in [0, 0.05) is 5.56 Å². The molecule has 0 spiro atoms. The van der Waals surface area contributed by atoms with E-state index in [-0.39, 0.29) is 0 Å². The largest absolute Gasteiger partial charge is 0.497 e. The summed E-state index contributed by atoms with van der Waals surface area (Å²) in [5, 5.41) is 11.7. The highest BCUT2D eigenvalue weighted by molar-refractivity contribution is 5.86. The molecule has 0 aromatic heterocycles. The molecule has 1 unspecified atom stereocenters. The number of ether oxygens (including phenoxy) is 2. The zero-order valence-corrected chi connectivity index (χ0v) is 30.7. The van der Waals surface area contributed by atoms with Gasteiger partial charge in [0.25, 0.3) is 0 Å². The van der Waals surface area contributed by atoms with Crippen LogP contribution >= 0.6 is 0 Å². The van der Waals surface area contributed by atoms with E-state index in [0.29, 0.717) is 11.5 Å². The number of fused-ring (bicyclic) bond motifs is 3. The average molecular weight is 683 g/mol. The molecule has 7 rings (SSSR count). The Bertz CT molecular complexity index is 2190. The third-order valence-electron chi connectivity index (χ3n) is 10.2. The second-order valence-electron chi connectivity index (χ2n) is 14.1. The molecular formula is C49H46O3. The zero-order valence-electron chi connectivity index (χ0n) is 30.7. The molecule has 1 aliphatic rings. The lowest BCUT2D eigenvalue weighted by Gasteiger charge is -2.34. The lowest BCUT2D eigenvalue weighted by molar-refractivity contribution is 0.223. The smallest absolute Gasteiger partial charge is 0.133 e. The van der Waals surface area contributed by atoms with Crippen LogP contribution in [0, 0.1) is 6.92 Å². The monoisotopic (exact) mass is 682 g/mol. The second-order valence-corrected chi connectivity index (χ2v) is 14.1. The lowest BCUT2D eigenvalue weighted by atomic mass is 9.68. The fourth-order valence-corrected chi connectivity index (χ4v) is 7.59. The van der Waals surface area contributed by atoms with Crippen molar-refractivity contribution < 1.29 is 14.6 Å². The van der Waals surface area contributed by atoms with E-state index in [1.165, 1.54) is 39.0 Å². The summed E-state index contributed by atoms with van der Waals surface area (Å²) < 4.78 is 12.2. The van der Waals surface area contributed by atoms with Crippen molar-refractivity contribution >= 4 is 0 Å². The van der Waals surface area contributed by atoms with E-state index in [9.17, 15) is 5.11 Å². The first-order chi connectivity index (χ1) is 25.3. The van der Waals surface area contributed by atoms with Crippen molar-refractivity contribution in [1.29, 1.82) is 0 Å². The molecule has 0 bridgehead atoms. The average Bonchev–Trinajstić information content (AvgIpc) is 3.46. The van der Waals surface area contributed by atoms with Crippen LogP contribution in [0.4, 0.5) is 0 Å². The zero-order chi connectivity index (χ0) is 36.2. The van der Waals surface area contributed by atoms with Crippen molar-refractivity contribution in [2.45, 2.75) is 52.1 Å². The summed E-state index contributed by atoms with van der Waals surface area (Å²) in [5.41, 5.74) is 13.3. The van der Waals surface area contributed by atoms with Gasteiger partial charge < -0.3 is 14.6 Å². The summed E-state index contributed by atoms with van der Waals surface area (Å²) in [7, 11) is 1.70. The van der Waals surface area contributed by atoms with E-state index in [2.05, 4.69) is 155 Å². The summed E-state index contributed by atoms with van der Waals surface area (Å²) in [5.74, 6) is 2.16. The molecule has 6 aromatic rings. The highest BCUT2D eigenvalue weighted by Gasteiger charge is 2.45. The molecule has 0 radical (unpaired) electrons. The predicted octanol–water partition coefficient (Wildman–Crippen LogP) is 12.6. The molecule has 1 aliphatic carbocycles. The van der Waals surface area contributed by atoms with Crippen LogP contribution in [-0.4, -0.2) is 12.2 Å². The summed E-state index contributed by atoms with van der Waals surface area (Å²) in [6, 6.07) is 49.0. The maximum atomic E-state index is 11.7. The van der Waals surface area contributed by atoms with E-state index >= 15 is 0 Å². The van der Waals surface area contributed by atoms with Gasteiger partial charge in [0.05, 0.1) is 12.5 Å². The maximum Gasteiger partial charge on any atom is 0.133 e. The SMILES string of the molecule is COc1ccc(C2(c3ccc(Oc4ccc(-c5ccc(C)cc5)cc4C(O)/C=C(\C)CCC=C(C)C)cc3)c3ccccc3-c3ccccc32)cc1. The predicted molar refractivity (Wildman–Crippen MR) is 214 cm³/mol. The summed E-state index contributed by atoms with van der Waals surface area (Å²) in [4.78, 5) is 0. The van der Waals surface area contributed by atoms with Crippen molar-refractivity contribution in [3.63, 3.8) is 0 Å². The molecule has 3 nitrogen and oxygen atoms in total. The Morgan fingerprint density at radius 2 is 1.23 bits per heavy atom. The van der Waals surface area contributed by atoms with Crippen molar-refractivity contribution in [2.24, 2.45) is 0 Å². The summed E-state index contributed by atoms with van der Waals surface area (Å²) in [6.07, 6.45) is 5.21. The molecule has 3 heteroatoms. The third kappa shape index (κ3) is 6.73. The fourth-order valence-electron chi connectivity index (χ4n) is 7.59. The standard InChI is InChI=1S/C49H46O3/c1-33(2)11-10-12-35(4)31-47(50)44-32-37(36-19-17-34(3)18-20-36)21-30-48(44)52-41-28-24-39(25-29-41)49(38-22-26-40(51-5)27-23-38)45-15-8-6-13-42(45)43-14-7-9-16-46(43)49/h6-9,11,13-32,47,50H,10,12H2,1-5H3/b35-31+. The van der Waals surface area contributed by atoms with Gasteiger partial charge in [0.2, 0.25) is 0 Å². The molecule has 52 heavy (non-hydrogen) atoms. The van der Waals surface area contributed by atoms with Crippen LogP contribution in [0.1, 0.15) is 73.1 Å². The van der Waals surface area contributed by atoms with Crippen molar-refractivity contribution in [3.8, 4) is 39.5 Å². The Morgan fingerprint density at radius 3 is 1.81 bits per heavy atom. The minimum atomic E-state index is -0.823. The molecule has 0 saturated carbocycles. The molecule has 0 heterocycles. The van der Waals surface area contributed by atoms with Crippen LogP contribution in [0.3, 0.4) is 0 Å². The third-order valence-corrected chi connectivity index (χ3v) is 10.2. The first-order valence-electron chi connectivity index (χ1n) is 18.1. The quantitative estimate of drug-likeness (QED) is 0.138. The minimum absolute atomic E-state index is 0.525. The van der Waals surface area contributed by atoms with Gasteiger partial charge in [0.15, 0.2) is 0 Å². The van der Waals surface area contributed by atoms with Crippen molar-refractivity contribution in [3.05, 3.63) is 196 Å². The Morgan fingerprint density at radius 1 is 0.673 bits per heavy atom. The number of hydrogen-bond acceptors (Lipinski definition) is 3. The minimum Gasteiger partial charge on any atom is -0.497 e. The highest BCUT2D eigenvalue weighted by Crippen LogP contribution is 2.56. The molecule has 1 N–H and O–H groups in total. The molecule has 0 fully saturated rings. The van der Waals surface area contributed by atoms with Crippen molar-refractivity contribution in [1.82, 2.24) is 0 Å². The van der Waals surface area contributed by atoms with Gasteiger partial charge in [-0.15, -0.1) is 0 Å². The Kier molecular flexibility index (Phi) is 9.98. The Balaban J connectivity index is 1.28. The van der Waals surface area contributed by atoms with Gasteiger partial charge in [-0.3, -0.25) is 0 Å². The second kappa shape index (κ2) is 14.9. The normalized spacial score (nSPS) is 13.5. The summed E-state index contributed by atoms with van der Waals surface area (Å²) in [6.45, 7) is 8.41. The van der Waals surface area contributed by atoms with Gasteiger partial charge in [-0.2, -0.15) is 0 Å². The van der Waals surface area contributed by atoms with Crippen LogP contribution in [0.5, 0.6) is 17.2 Å². The van der Waals surface area contributed by atoms with E-state index in [4.69, 9.17) is 9.47 Å². The van der Waals surface area contributed by atoms with Gasteiger partial charge in [-0.05, 0) is 121 Å². The van der Waals surface area contributed by atoms with Crippen LogP contribution in [0.2, 0.25) is 0 Å². The van der Waals surface area contributed by atoms with Crippen LogP contribution < -0.4 is 9.47 Å². The number of aliphatic hydroxyl groups excluding tert-OH is 1. The van der Waals surface area contributed by atoms with Crippen LogP contribution in [-0.2, 0) is 5.41 Å². The highest BCUT2D eigenvalue weighted by atomic mass is 16.5. The van der Waals surface area contributed by atoms with Crippen LogP contribution in [0.15, 0.2) is 163 Å². The van der Waals surface area contributed by atoms with Gasteiger partial charge in [-0.1, -0.05) is 132 Å². The number of benzene rings is 6. The first kappa shape index (κ1) is 34.8. The Hall–Kier alpha value is -5.64. The van der Waals surface area contributed by atoms with E-state index in [0.717, 1.165) is 46.4 Å². The number of rotatable bonds is 11. The number of allylic oxidation sites excluding steroid dienone is 3. The van der Waals surface area contributed by atoms with Gasteiger partial charge >= 0.3 is 0 Å². The molecule has 0 aliphatic heterocycles. The fraction of sp³-hybridized carbons (Fsp3) is 0.184. The van der Waals surface area contributed by atoms with E-state index < -0.39 is 11.5 Å². The first-order valence-corrected chi connectivity index (χ1v) is 18.1. The number of aliphatic hydroxyl groups is 1. The van der Waals surface area contributed by atoms with Gasteiger partial charge in [0.1, 0.15) is 23.4 Å². The molecular weight excluding hydrogens is 637 g/mol. The van der Waals surface area contributed by atoms with E-state index in [1.807, 2.05) is 24.3 Å². The summed E-state index contributed by atoms with van der Waals surface area (Å²) >= 11 is 0. The Labute approximate surface area is 308 Å². The molecule has 6 aromatic carbocycles. The topological polar surface area (TPSA) is 38.7 Å². The number of aryl methyl sites for hydroxylation is 1. The number of hydrogen-bond donors (Lipinski definition) is 1. The molecule has 0 saturated heterocycles. The van der Waals surface area contributed by atoms with E-state index in [1.54, 1.807) is 7.11 Å². The van der Waals surface area contributed by atoms with Crippen molar-refractivity contribution in [2.75, 3.05) is 7.11 Å². The lowest BCUT2D eigenvalue weighted by Crippen LogP contribution is -2.28.